The topological polar surface area (TPSA) is 29.9 Å². The molecule has 3 rings (SSSR count). The normalized spacial score (nSPS) is 17.7. The largest absolute Gasteiger partial charge is 0.492 e. The molecule has 1 saturated carbocycles. The second kappa shape index (κ2) is 5.60. The molecule has 0 aliphatic heterocycles. The molecule has 4 heteroatoms. The summed E-state index contributed by atoms with van der Waals surface area (Å²) in [5.41, 5.74) is 2.20. The highest BCUT2D eigenvalue weighted by Gasteiger charge is 2.25. The van der Waals surface area contributed by atoms with Gasteiger partial charge in [-0.1, -0.05) is 18.9 Å². The van der Waals surface area contributed by atoms with Crippen LogP contribution in [0.5, 0.6) is 5.75 Å². The third-order valence-corrected chi connectivity index (χ3v) is 4.80. The van der Waals surface area contributed by atoms with Crippen molar-refractivity contribution in [2.45, 2.75) is 45.6 Å². The molecule has 1 aliphatic carbocycles. The number of aromatic amines is 1. The number of H-pyrrole nitrogens is 1. The van der Waals surface area contributed by atoms with Crippen LogP contribution in [0.25, 0.3) is 11.0 Å². The number of hydrogen-bond acceptors (Lipinski definition) is 2. The van der Waals surface area contributed by atoms with Gasteiger partial charge in [-0.2, -0.15) is 0 Å². The van der Waals surface area contributed by atoms with Crippen LogP contribution >= 0.6 is 12.2 Å². The molecule has 1 aliphatic rings. The van der Waals surface area contributed by atoms with Gasteiger partial charge in [0, 0.05) is 6.04 Å². The van der Waals surface area contributed by atoms with E-state index in [1.165, 1.54) is 31.2 Å². The van der Waals surface area contributed by atoms with Crippen LogP contribution < -0.4 is 4.74 Å². The number of nitrogens with one attached hydrogen (secondary N) is 1. The molecule has 1 N–H and O–H groups in total. The monoisotopic (exact) mass is 290 g/mol. The summed E-state index contributed by atoms with van der Waals surface area (Å²) in [6, 6.07) is 6.64. The molecule has 1 atom stereocenters. The number of para-hydroxylation sites is 1. The standard InChI is InChI=1S/C16H22N2OS/c1-3-19-14-10-6-9-13-15(14)17-16(20)18(13)11(2)12-7-4-5-8-12/h6,9-12H,3-5,7-8H2,1-2H3,(H,17,20). The van der Waals surface area contributed by atoms with Crippen LogP contribution in [-0.2, 0) is 0 Å². The van der Waals surface area contributed by atoms with E-state index in [0.29, 0.717) is 12.6 Å². The molecule has 0 spiro atoms. The molecule has 1 unspecified atom stereocenters. The lowest BCUT2D eigenvalue weighted by atomic mass is 9.99. The van der Waals surface area contributed by atoms with E-state index in [1.54, 1.807) is 0 Å². The average molecular weight is 290 g/mol. The van der Waals surface area contributed by atoms with E-state index in [9.17, 15) is 0 Å². The summed E-state index contributed by atoms with van der Waals surface area (Å²) in [7, 11) is 0. The molecular formula is C16H22N2OS. The van der Waals surface area contributed by atoms with E-state index in [1.807, 2.05) is 19.1 Å². The lowest BCUT2D eigenvalue weighted by molar-refractivity contribution is 0.343. The minimum absolute atomic E-state index is 0.454. The number of ether oxygens (including phenoxy) is 1. The lowest BCUT2D eigenvalue weighted by Crippen LogP contribution is -2.14. The molecule has 1 heterocycles. The van der Waals surface area contributed by atoms with Gasteiger partial charge >= 0.3 is 0 Å². The van der Waals surface area contributed by atoms with Gasteiger partial charge in [0.2, 0.25) is 0 Å². The SMILES string of the molecule is CCOc1cccc2c1[nH]c(=S)n2C(C)C1CCCC1. The van der Waals surface area contributed by atoms with Gasteiger partial charge in [-0.15, -0.1) is 0 Å². The highest BCUT2D eigenvalue weighted by Crippen LogP contribution is 2.36. The van der Waals surface area contributed by atoms with E-state index in [2.05, 4.69) is 22.5 Å². The van der Waals surface area contributed by atoms with E-state index >= 15 is 0 Å². The second-order valence-corrected chi connectivity index (χ2v) is 6.06. The molecule has 1 aromatic heterocycles. The number of benzene rings is 1. The van der Waals surface area contributed by atoms with Crippen LogP contribution in [0, 0.1) is 10.7 Å². The summed E-state index contributed by atoms with van der Waals surface area (Å²) < 4.78 is 8.79. The summed E-state index contributed by atoms with van der Waals surface area (Å²) in [5.74, 6) is 1.64. The quantitative estimate of drug-likeness (QED) is 0.816. The first-order valence-corrected chi connectivity index (χ1v) is 7.99. The highest BCUT2D eigenvalue weighted by atomic mass is 32.1. The van der Waals surface area contributed by atoms with Crippen LogP contribution in [0.2, 0.25) is 0 Å². The number of hydrogen-bond donors (Lipinski definition) is 1. The number of aromatic nitrogens is 2. The Labute approximate surface area is 125 Å². The van der Waals surface area contributed by atoms with Crippen molar-refractivity contribution in [2.24, 2.45) is 5.92 Å². The number of fused-ring (bicyclic) bond motifs is 1. The Hall–Kier alpha value is -1.29. The van der Waals surface area contributed by atoms with E-state index in [4.69, 9.17) is 17.0 Å². The molecule has 3 nitrogen and oxygen atoms in total. The molecule has 0 bridgehead atoms. The van der Waals surface area contributed by atoms with E-state index in [0.717, 1.165) is 22.0 Å². The fourth-order valence-corrected chi connectivity index (χ4v) is 3.82. The van der Waals surface area contributed by atoms with Gasteiger partial charge < -0.3 is 14.3 Å². The predicted octanol–water partition coefficient (Wildman–Crippen LogP) is 4.85. The minimum Gasteiger partial charge on any atom is -0.492 e. The zero-order valence-corrected chi connectivity index (χ0v) is 13.0. The Morgan fingerprint density at radius 1 is 1.40 bits per heavy atom. The summed E-state index contributed by atoms with van der Waals surface area (Å²) in [6.45, 7) is 4.97. The summed E-state index contributed by atoms with van der Waals surface area (Å²) in [5, 5.41) is 0. The molecule has 1 aromatic carbocycles. The Morgan fingerprint density at radius 3 is 2.85 bits per heavy atom. The summed E-state index contributed by atoms with van der Waals surface area (Å²) in [4.78, 5) is 3.34. The number of imidazole rings is 1. The Morgan fingerprint density at radius 2 is 2.15 bits per heavy atom. The molecule has 0 amide bonds. The van der Waals surface area contributed by atoms with Crippen LogP contribution in [0.3, 0.4) is 0 Å². The molecule has 1 fully saturated rings. The van der Waals surface area contributed by atoms with Gasteiger partial charge in [0.15, 0.2) is 4.77 Å². The Bertz CT molecular complexity index is 652. The predicted molar refractivity (Wildman–Crippen MR) is 85.0 cm³/mol. The molecular weight excluding hydrogens is 268 g/mol. The first-order chi connectivity index (χ1) is 9.72. The van der Waals surface area contributed by atoms with Gasteiger partial charge in [0.05, 0.1) is 12.1 Å². The van der Waals surface area contributed by atoms with Gasteiger partial charge in [0.25, 0.3) is 0 Å². The maximum absolute atomic E-state index is 5.70. The van der Waals surface area contributed by atoms with Crippen molar-refractivity contribution in [3.8, 4) is 5.75 Å². The van der Waals surface area contributed by atoms with Gasteiger partial charge in [-0.3, -0.25) is 0 Å². The third kappa shape index (κ3) is 2.26. The second-order valence-electron chi connectivity index (χ2n) is 5.67. The van der Waals surface area contributed by atoms with E-state index < -0.39 is 0 Å². The van der Waals surface area contributed by atoms with Crippen molar-refractivity contribution < 1.29 is 4.74 Å². The van der Waals surface area contributed by atoms with Crippen molar-refractivity contribution >= 4 is 23.3 Å². The van der Waals surface area contributed by atoms with Crippen LogP contribution in [0.4, 0.5) is 0 Å². The molecule has 0 radical (unpaired) electrons. The van der Waals surface area contributed by atoms with Crippen molar-refractivity contribution in [3.05, 3.63) is 23.0 Å². The first kappa shape index (κ1) is 13.7. The number of nitrogens with zero attached hydrogens (tertiary/aromatic N) is 1. The maximum atomic E-state index is 5.70. The van der Waals surface area contributed by atoms with Gasteiger partial charge in [-0.05, 0) is 57.0 Å². The highest BCUT2D eigenvalue weighted by molar-refractivity contribution is 7.71. The molecule has 2 aromatic rings. The van der Waals surface area contributed by atoms with Crippen molar-refractivity contribution in [2.75, 3.05) is 6.61 Å². The van der Waals surface area contributed by atoms with Crippen molar-refractivity contribution in [1.29, 1.82) is 0 Å². The van der Waals surface area contributed by atoms with Crippen molar-refractivity contribution in [3.63, 3.8) is 0 Å². The third-order valence-electron chi connectivity index (χ3n) is 4.50. The zero-order valence-electron chi connectivity index (χ0n) is 12.2. The van der Waals surface area contributed by atoms with Crippen LogP contribution in [0.15, 0.2) is 18.2 Å². The number of rotatable bonds is 4. The summed E-state index contributed by atoms with van der Waals surface area (Å²) in [6.07, 6.45) is 5.35. The first-order valence-electron chi connectivity index (χ1n) is 7.58. The minimum atomic E-state index is 0.454. The fraction of sp³-hybridized carbons (Fsp3) is 0.562. The van der Waals surface area contributed by atoms with Crippen LogP contribution in [0.1, 0.15) is 45.6 Å². The lowest BCUT2D eigenvalue weighted by Gasteiger charge is -2.21. The van der Waals surface area contributed by atoms with Gasteiger partial charge in [0.1, 0.15) is 11.3 Å². The maximum Gasteiger partial charge on any atom is 0.178 e. The van der Waals surface area contributed by atoms with E-state index in [-0.39, 0.29) is 0 Å². The molecule has 0 saturated heterocycles. The zero-order chi connectivity index (χ0) is 14.1. The molecule has 20 heavy (non-hydrogen) atoms. The summed E-state index contributed by atoms with van der Waals surface area (Å²) >= 11 is 5.56. The smallest absolute Gasteiger partial charge is 0.178 e. The fourth-order valence-electron chi connectivity index (χ4n) is 3.45. The molecule has 108 valence electrons. The Balaban J connectivity index is 2.08. The van der Waals surface area contributed by atoms with Crippen LogP contribution in [-0.4, -0.2) is 16.2 Å². The Kier molecular flexibility index (Phi) is 3.83. The average Bonchev–Trinajstić information content (AvgIpc) is 3.06. The van der Waals surface area contributed by atoms with Crippen molar-refractivity contribution in [1.82, 2.24) is 9.55 Å². The van der Waals surface area contributed by atoms with Gasteiger partial charge in [-0.25, -0.2) is 0 Å².